The molecule has 0 spiro atoms. The summed E-state index contributed by atoms with van der Waals surface area (Å²) in [4.78, 5) is 12.1. The Labute approximate surface area is 147 Å². The fourth-order valence-electron chi connectivity index (χ4n) is 2.21. The van der Waals surface area contributed by atoms with Crippen molar-refractivity contribution < 1.29 is 17.9 Å². The molecule has 0 unspecified atom stereocenters. The first-order chi connectivity index (χ1) is 11.8. The van der Waals surface area contributed by atoms with Crippen LogP contribution in [0.25, 0.3) is 0 Å². The van der Waals surface area contributed by atoms with Gasteiger partial charge in [0, 0.05) is 11.4 Å². The number of methoxy groups -OCH3 is 1. The number of carbonyl (C=O) groups excluding carboxylic acids is 1. The summed E-state index contributed by atoms with van der Waals surface area (Å²) in [7, 11) is -1.78. The lowest BCUT2D eigenvalue weighted by Gasteiger charge is -2.16. The number of anilines is 2. The molecule has 0 heterocycles. The highest BCUT2D eigenvalue weighted by Gasteiger charge is 2.11. The van der Waals surface area contributed by atoms with Crippen LogP contribution in [-0.4, -0.2) is 27.8 Å². The van der Waals surface area contributed by atoms with E-state index in [2.05, 4.69) is 15.4 Å². The van der Waals surface area contributed by atoms with Gasteiger partial charge in [0.1, 0.15) is 5.75 Å². The number of nitrogens with one attached hydrogen (secondary N) is 3. The Morgan fingerprint density at radius 3 is 2.36 bits per heavy atom. The molecular formula is C17H21N3O4S. The van der Waals surface area contributed by atoms with Gasteiger partial charge in [0.2, 0.25) is 10.0 Å². The van der Waals surface area contributed by atoms with E-state index in [9.17, 15) is 13.2 Å². The third kappa shape index (κ3) is 6.00. The minimum atomic E-state index is -3.35. The molecule has 0 aliphatic rings. The molecule has 2 amide bonds. The molecule has 0 saturated heterocycles. The van der Waals surface area contributed by atoms with Gasteiger partial charge in [-0.15, -0.1) is 0 Å². The van der Waals surface area contributed by atoms with Gasteiger partial charge in [0.25, 0.3) is 0 Å². The molecule has 0 saturated carbocycles. The highest BCUT2D eigenvalue weighted by molar-refractivity contribution is 7.92. The quantitative estimate of drug-likeness (QED) is 0.735. The second-order valence-corrected chi connectivity index (χ2v) is 7.30. The molecule has 2 aromatic carbocycles. The second-order valence-electron chi connectivity index (χ2n) is 5.55. The molecule has 0 aliphatic carbocycles. The number of benzene rings is 2. The minimum absolute atomic E-state index is 0.306. The Bertz CT molecular complexity index is 835. The van der Waals surface area contributed by atoms with E-state index in [1.807, 2.05) is 13.0 Å². The van der Waals surface area contributed by atoms with Crippen LogP contribution < -0.4 is 20.1 Å². The van der Waals surface area contributed by atoms with E-state index in [-0.39, 0.29) is 12.1 Å². The average Bonchev–Trinajstić information content (AvgIpc) is 2.54. The molecule has 2 aromatic rings. The van der Waals surface area contributed by atoms with Gasteiger partial charge in [-0.3, -0.25) is 4.72 Å². The predicted octanol–water partition coefficient (Wildman–Crippen LogP) is 2.95. The number of carbonyl (C=O) groups is 1. The Morgan fingerprint density at radius 1 is 1.08 bits per heavy atom. The van der Waals surface area contributed by atoms with Crippen molar-refractivity contribution in [3.63, 3.8) is 0 Å². The molecule has 0 aliphatic heterocycles. The summed E-state index contributed by atoms with van der Waals surface area (Å²) in [6.45, 7) is 1.81. The lowest BCUT2D eigenvalue weighted by molar-refractivity contribution is 0.249. The SMILES string of the molecule is COc1ccc(NC(=O)N[C@H](C)c2cccc(NS(C)(=O)=O)c2)cc1. The highest BCUT2D eigenvalue weighted by Crippen LogP contribution is 2.19. The summed E-state index contributed by atoms with van der Waals surface area (Å²) < 4.78 is 30.1. The molecule has 8 heteroatoms. The Hall–Kier alpha value is -2.74. The van der Waals surface area contributed by atoms with Gasteiger partial charge in [-0.1, -0.05) is 12.1 Å². The molecule has 0 bridgehead atoms. The number of rotatable bonds is 6. The first-order valence-corrected chi connectivity index (χ1v) is 9.45. The molecule has 134 valence electrons. The number of amides is 2. The van der Waals surface area contributed by atoms with Crippen LogP contribution in [-0.2, 0) is 10.0 Å². The van der Waals surface area contributed by atoms with Crippen LogP contribution >= 0.6 is 0 Å². The van der Waals surface area contributed by atoms with E-state index in [0.29, 0.717) is 17.1 Å². The number of urea groups is 1. The molecule has 7 nitrogen and oxygen atoms in total. The van der Waals surface area contributed by atoms with Crippen molar-refractivity contribution >= 4 is 27.4 Å². The van der Waals surface area contributed by atoms with Crippen LogP contribution in [0.1, 0.15) is 18.5 Å². The third-order valence-electron chi connectivity index (χ3n) is 3.39. The molecule has 0 radical (unpaired) electrons. The summed E-state index contributed by atoms with van der Waals surface area (Å²) in [5.74, 6) is 0.703. The fourth-order valence-corrected chi connectivity index (χ4v) is 2.76. The summed E-state index contributed by atoms with van der Waals surface area (Å²) in [6, 6.07) is 13.2. The van der Waals surface area contributed by atoms with E-state index in [0.717, 1.165) is 11.8 Å². The van der Waals surface area contributed by atoms with Gasteiger partial charge in [-0.2, -0.15) is 0 Å². The normalized spacial score (nSPS) is 12.1. The lowest BCUT2D eigenvalue weighted by atomic mass is 10.1. The fraction of sp³-hybridized carbons (Fsp3) is 0.235. The first kappa shape index (κ1) is 18.6. The van der Waals surface area contributed by atoms with Gasteiger partial charge in [-0.25, -0.2) is 13.2 Å². The molecule has 3 N–H and O–H groups in total. The summed E-state index contributed by atoms with van der Waals surface area (Å²) in [5, 5.41) is 5.53. The van der Waals surface area contributed by atoms with Crippen molar-refractivity contribution in [1.82, 2.24) is 5.32 Å². The number of ether oxygens (including phenoxy) is 1. The third-order valence-corrected chi connectivity index (χ3v) is 3.99. The number of hydrogen-bond acceptors (Lipinski definition) is 4. The van der Waals surface area contributed by atoms with Crippen molar-refractivity contribution in [2.45, 2.75) is 13.0 Å². The van der Waals surface area contributed by atoms with Crippen molar-refractivity contribution in [1.29, 1.82) is 0 Å². The van der Waals surface area contributed by atoms with Gasteiger partial charge < -0.3 is 15.4 Å². The van der Waals surface area contributed by atoms with Crippen LogP contribution in [0.4, 0.5) is 16.2 Å². The van der Waals surface area contributed by atoms with E-state index in [1.54, 1.807) is 49.6 Å². The van der Waals surface area contributed by atoms with Crippen molar-refractivity contribution in [3.05, 3.63) is 54.1 Å². The van der Waals surface area contributed by atoms with E-state index in [1.165, 1.54) is 0 Å². The van der Waals surface area contributed by atoms with Gasteiger partial charge in [0.05, 0.1) is 19.4 Å². The molecule has 2 rings (SSSR count). The van der Waals surface area contributed by atoms with E-state index >= 15 is 0 Å². The van der Waals surface area contributed by atoms with Gasteiger partial charge in [0.15, 0.2) is 0 Å². The minimum Gasteiger partial charge on any atom is -0.497 e. The van der Waals surface area contributed by atoms with Crippen LogP contribution in [0.2, 0.25) is 0 Å². The average molecular weight is 363 g/mol. The topological polar surface area (TPSA) is 96.5 Å². The van der Waals surface area contributed by atoms with E-state index in [4.69, 9.17) is 4.74 Å². The van der Waals surface area contributed by atoms with Crippen molar-refractivity contribution in [3.8, 4) is 5.75 Å². The standard InChI is InChI=1S/C17H21N3O4S/c1-12(13-5-4-6-15(11-13)20-25(3,22)23)18-17(21)19-14-7-9-16(24-2)10-8-14/h4-12,20H,1-3H3,(H2,18,19,21)/t12-/m1/s1. The number of hydrogen-bond donors (Lipinski definition) is 3. The van der Waals surface area contributed by atoms with Crippen LogP contribution in [0.3, 0.4) is 0 Å². The van der Waals surface area contributed by atoms with Crippen LogP contribution in [0.5, 0.6) is 5.75 Å². The van der Waals surface area contributed by atoms with Crippen molar-refractivity contribution in [2.75, 3.05) is 23.4 Å². The zero-order valence-electron chi connectivity index (χ0n) is 14.2. The maximum absolute atomic E-state index is 12.1. The number of sulfonamides is 1. The van der Waals surface area contributed by atoms with Crippen molar-refractivity contribution in [2.24, 2.45) is 0 Å². The molecule has 0 aromatic heterocycles. The molecular weight excluding hydrogens is 342 g/mol. The molecule has 25 heavy (non-hydrogen) atoms. The maximum atomic E-state index is 12.1. The molecule has 1 atom stereocenters. The Kier molecular flexibility index (Phi) is 5.87. The van der Waals surface area contributed by atoms with Gasteiger partial charge in [-0.05, 0) is 48.9 Å². The predicted molar refractivity (Wildman–Crippen MR) is 98.5 cm³/mol. The smallest absolute Gasteiger partial charge is 0.319 e. The second kappa shape index (κ2) is 7.89. The zero-order valence-corrected chi connectivity index (χ0v) is 15.1. The summed E-state index contributed by atoms with van der Waals surface area (Å²) in [6.07, 6.45) is 1.09. The Morgan fingerprint density at radius 2 is 1.76 bits per heavy atom. The zero-order chi connectivity index (χ0) is 18.4. The summed E-state index contributed by atoms with van der Waals surface area (Å²) in [5.41, 5.74) is 1.86. The van der Waals surface area contributed by atoms with E-state index < -0.39 is 10.0 Å². The van der Waals surface area contributed by atoms with Gasteiger partial charge >= 0.3 is 6.03 Å². The lowest BCUT2D eigenvalue weighted by Crippen LogP contribution is -2.31. The van der Waals surface area contributed by atoms with Crippen LogP contribution in [0.15, 0.2) is 48.5 Å². The highest BCUT2D eigenvalue weighted by atomic mass is 32.2. The Balaban J connectivity index is 1.99. The monoisotopic (exact) mass is 363 g/mol. The maximum Gasteiger partial charge on any atom is 0.319 e. The largest absolute Gasteiger partial charge is 0.497 e. The summed E-state index contributed by atoms with van der Waals surface area (Å²) >= 11 is 0. The first-order valence-electron chi connectivity index (χ1n) is 7.56. The van der Waals surface area contributed by atoms with Crippen LogP contribution in [0, 0.1) is 0 Å². The molecule has 0 fully saturated rings.